The highest BCUT2D eigenvalue weighted by Gasteiger charge is 1.94. The second-order valence-corrected chi connectivity index (χ2v) is 1.91. The molecule has 0 rings (SSSR count). The zero-order valence-electron chi connectivity index (χ0n) is 7.20. The quantitative estimate of drug-likeness (QED) is 0.446. The Hall–Kier alpha value is -1.52. The molecule has 68 valence electrons. The lowest BCUT2D eigenvalue weighted by Gasteiger charge is -1.98. The van der Waals surface area contributed by atoms with Crippen LogP contribution in [-0.2, 0) is 9.53 Å². The molecule has 0 spiro atoms. The smallest absolute Gasteiger partial charge is 0.257 e. The molecule has 0 aliphatic carbocycles. The summed E-state index contributed by atoms with van der Waals surface area (Å²) in [5.41, 5.74) is 5.32. The first-order valence-corrected chi connectivity index (χ1v) is 3.47. The van der Waals surface area contributed by atoms with Crippen molar-refractivity contribution >= 4 is 12.1 Å². The van der Waals surface area contributed by atoms with E-state index in [2.05, 4.69) is 10.3 Å². The van der Waals surface area contributed by atoms with Gasteiger partial charge in [-0.3, -0.25) is 4.79 Å². The number of hydrogen-bond donors (Lipinski definition) is 2. The first kappa shape index (κ1) is 10.5. The van der Waals surface area contributed by atoms with Gasteiger partial charge in [-0.15, -0.1) is 0 Å². The maximum atomic E-state index is 10.6. The molecular formula is C7H13N3O2. The average molecular weight is 171 g/mol. The Balaban J connectivity index is 3.66. The molecule has 0 bridgehead atoms. The number of carbonyl (C=O) groups is 1. The van der Waals surface area contributed by atoms with Gasteiger partial charge in [0.2, 0.25) is 0 Å². The van der Waals surface area contributed by atoms with Crippen LogP contribution < -0.4 is 11.1 Å². The third-order valence-corrected chi connectivity index (χ3v) is 0.976. The van der Waals surface area contributed by atoms with Crippen molar-refractivity contribution in [3.8, 4) is 0 Å². The summed E-state index contributed by atoms with van der Waals surface area (Å²) < 4.78 is 4.79. The number of nitrogens with one attached hydrogen (secondary N) is 1. The fraction of sp³-hybridized carbons (Fsp3) is 0.429. The molecule has 0 saturated heterocycles. The zero-order valence-corrected chi connectivity index (χ0v) is 7.20. The van der Waals surface area contributed by atoms with Crippen LogP contribution >= 0.6 is 0 Å². The largest absolute Gasteiger partial charge is 0.488 e. The molecule has 0 atom stereocenters. The lowest BCUT2D eigenvalue weighted by molar-refractivity contribution is -0.123. The SMILES string of the molecule is C/C=N\C(N)=C\OCC(=O)NC. The summed E-state index contributed by atoms with van der Waals surface area (Å²) >= 11 is 0. The standard InChI is InChI=1S/C7H13N3O2/c1-3-10-6(8)4-12-5-7(11)9-2/h3-4H,5,8H2,1-2H3,(H,9,11)/b6-4+,10-3-. The highest BCUT2D eigenvalue weighted by atomic mass is 16.5. The predicted molar refractivity (Wildman–Crippen MR) is 46.5 cm³/mol. The molecule has 3 N–H and O–H groups in total. The van der Waals surface area contributed by atoms with Crippen LogP contribution in [0.3, 0.4) is 0 Å². The number of ether oxygens (including phenoxy) is 1. The van der Waals surface area contributed by atoms with Crippen LogP contribution in [0.5, 0.6) is 0 Å². The maximum Gasteiger partial charge on any atom is 0.257 e. The minimum atomic E-state index is -0.209. The van der Waals surface area contributed by atoms with Crippen LogP contribution in [0.4, 0.5) is 0 Å². The Kier molecular flexibility index (Phi) is 5.42. The van der Waals surface area contributed by atoms with Crippen molar-refractivity contribution in [1.29, 1.82) is 0 Å². The van der Waals surface area contributed by atoms with E-state index in [0.717, 1.165) is 0 Å². The van der Waals surface area contributed by atoms with E-state index < -0.39 is 0 Å². The molecule has 5 nitrogen and oxygen atoms in total. The summed E-state index contributed by atoms with van der Waals surface area (Å²) in [6, 6.07) is 0. The van der Waals surface area contributed by atoms with E-state index in [1.807, 2.05) is 0 Å². The molecule has 0 aromatic rings. The van der Waals surface area contributed by atoms with Gasteiger partial charge in [-0.25, -0.2) is 4.99 Å². The Morgan fingerprint density at radius 1 is 1.75 bits per heavy atom. The van der Waals surface area contributed by atoms with Crippen molar-refractivity contribution in [2.45, 2.75) is 6.92 Å². The molecule has 0 radical (unpaired) electrons. The molecular weight excluding hydrogens is 158 g/mol. The summed E-state index contributed by atoms with van der Waals surface area (Å²) in [7, 11) is 1.53. The van der Waals surface area contributed by atoms with Crippen molar-refractivity contribution < 1.29 is 9.53 Å². The summed E-state index contributed by atoms with van der Waals surface area (Å²) in [6.07, 6.45) is 2.77. The second kappa shape index (κ2) is 6.21. The van der Waals surface area contributed by atoms with Crippen LogP contribution in [0, 0.1) is 0 Å². The van der Waals surface area contributed by atoms with Crippen LogP contribution in [0.15, 0.2) is 17.1 Å². The summed E-state index contributed by atoms with van der Waals surface area (Å²) in [5, 5.41) is 2.40. The lowest BCUT2D eigenvalue weighted by atomic mass is 10.6. The lowest BCUT2D eigenvalue weighted by Crippen LogP contribution is -2.22. The van der Waals surface area contributed by atoms with Crippen LogP contribution in [-0.4, -0.2) is 25.8 Å². The molecule has 0 fully saturated rings. The summed E-state index contributed by atoms with van der Waals surface area (Å²) in [4.78, 5) is 14.3. The molecule has 0 heterocycles. The van der Waals surface area contributed by atoms with E-state index in [9.17, 15) is 4.79 Å². The fourth-order valence-corrected chi connectivity index (χ4v) is 0.454. The molecule has 0 aliphatic heterocycles. The fourth-order valence-electron chi connectivity index (χ4n) is 0.454. The van der Waals surface area contributed by atoms with Gasteiger partial charge in [-0.1, -0.05) is 0 Å². The molecule has 0 aromatic heterocycles. The number of hydrogen-bond acceptors (Lipinski definition) is 4. The Bertz CT molecular complexity index is 199. The minimum Gasteiger partial charge on any atom is -0.488 e. The van der Waals surface area contributed by atoms with Crippen molar-refractivity contribution in [3.05, 3.63) is 12.1 Å². The van der Waals surface area contributed by atoms with Crippen molar-refractivity contribution in [1.82, 2.24) is 5.32 Å². The maximum absolute atomic E-state index is 10.6. The van der Waals surface area contributed by atoms with Gasteiger partial charge in [0.1, 0.15) is 6.26 Å². The van der Waals surface area contributed by atoms with E-state index in [-0.39, 0.29) is 18.3 Å². The van der Waals surface area contributed by atoms with E-state index in [0.29, 0.717) is 0 Å². The normalized spacial score (nSPS) is 11.7. The van der Waals surface area contributed by atoms with Crippen LogP contribution in [0.2, 0.25) is 0 Å². The Morgan fingerprint density at radius 2 is 2.42 bits per heavy atom. The topological polar surface area (TPSA) is 76.7 Å². The van der Waals surface area contributed by atoms with Crippen molar-refractivity contribution in [2.75, 3.05) is 13.7 Å². The van der Waals surface area contributed by atoms with Gasteiger partial charge >= 0.3 is 0 Å². The third-order valence-electron chi connectivity index (χ3n) is 0.976. The van der Waals surface area contributed by atoms with E-state index in [4.69, 9.17) is 10.5 Å². The van der Waals surface area contributed by atoms with E-state index >= 15 is 0 Å². The number of rotatable bonds is 4. The highest BCUT2D eigenvalue weighted by molar-refractivity contribution is 5.76. The van der Waals surface area contributed by atoms with E-state index in [1.165, 1.54) is 19.5 Å². The molecule has 0 aromatic carbocycles. The van der Waals surface area contributed by atoms with Gasteiger partial charge in [0.05, 0.1) is 0 Å². The Labute approximate surface area is 71.3 Å². The van der Waals surface area contributed by atoms with Gasteiger partial charge < -0.3 is 15.8 Å². The number of aliphatic imine (C=N–C) groups is 1. The van der Waals surface area contributed by atoms with Gasteiger partial charge in [0.15, 0.2) is 12.4 Å². The average Bonchev–Trinajstić information content (AvgIpc) is 2.04. The molecule has 0 aliphatic rings. The summed E-state index contributed by atoms with van der Waals surface area (Å²) in [5.74, 6) is 0.0286. The first-order valence-electron chi connectivity index (χ1n) is 3.47. The molecule has 5 heteroatoms. The van der Waals surface area contributed by atoms with Crippen LogP contribution in [0.25, 0.3) is 0 Å². The molecule has 12 heavy (non-hydrogen) atoms. The summed E-state index contributed by atoms with van der Waals surface area (Å²) in [6.45, 7) is 1.69. The van der Waals surface area contributed by atoms with Gasteiger partial charge in [-0.05, 0) is 6.92 Å². The molecule has 0 saturated carbocycles. The monoisotopic (exact) mass is 171 g/mol. The number of carbonyl (C=O) groups excluding carboxylic acids is 1. The zero-order chi connectivity index (χ0) is 9.40. The first-order chi connectivity index (χ1) is 5.70. The van der Waals surface area contributed by atoms with Crippen LogP contribution in [0.1, 0.15) is 6.92 Å². The highest BCUT2D eigenvalue weighted by Crippen LogP contribution is 1.85. The van der Waals surface area contributed by atoms with E-state index in [1.54, 1.807) is 6.92 Å². The number of nitrogens with two attached hydrogens (primary N) is 1. The van der Waals surface area contributed by atoms with Crippen molar-refractivity contribution in [3.63, 3.8) is 0 Å². The Morgan fingerprint density at radius 3 is 2.92 bits per heavy atom. The van der Waals surface area contributed by atoms with Crippen molar-refractivity contribution in [2.24, 2.45) is 10.7 Å². The minimum absolute atomic E-state index is 0.0452. The van der Waals surface area contributed by atoms with Gasteiger partial charge in [-0.2, -0.15) is 0 Å². The molecule has 0 unspecified atom stereocenters. The number of amides is 1. The third kappa shape index (κ3) is 5.28. The number of likely N-dealkylation sites (N-methyl/N-ethyl adjacent to an activating group) is 1. The van der Waals surface area contributed by atoms with Gasteiger partial charge in [0.25, 0.3) is 5.91 Å². The predicted octanol–water partition coefficient (Wildman–Crippen LogP) is -0.403. The second-order valence-electron chi connectivity index (χ2n) is 1.91. The van der Waals surface area contributed by atoms with Gasteiger partial charge in [0, 0.05) is 13.3 Å². The number of nitrogens with zero attached hydrogens (tertiary/aromatic N) is 1. The molecule has 1 amide bonds.